The lowest BCUT2D eigenvalue weighted by Gasteiger charge is -2.32. The van der Waals surface area contributed by atoms with Gasteiger partial charge in [0.2, 0.25) is 0 Å². The molecule has 0 heterocycles. The van der Waals surface area contributed by atoms with E-state index in [1.807, 2.05) is 0 Å². The summed E-state index contributed by atoms with van der Waals surface area (Å²) in [4.78, 5) is 21.1. The number of hydrogen-bond donors (Lipinski definition) is 3. The minimum Gasteiger partial charge on any atom is -0.481 e. The molecule has 0 aromatic heterocycles. The molecular formula is C8H9F7N2O3. The Labute approximate surface area is 107 Å². The summed E-state index contributed by atoms with van der Waals surface area (Å²) in [6.07, 6.45) is -6.64. The molecule has 0 rings (SSSR count). The Balaban J connectivity index is 5.36. The number of carbonyl (C=O) groups excluding carboxylic acids is 1. The van der Waals surface area contributed by atoms with Gasteiger partial charge >= 0.3 is 30.0 Å². The maximum atomic E-state index is 13.1. The highest BCUT2D eigenvalue weighted by Gasteiger charge is 2.76. The molecule has 0 aromatic carbocycles. The van der Waals surface area contributed by atoms with E-state index in [0.717, 1.165) is 7.05 Å². The van der Waals surface area contributed by atoms with Crippen molar-refractivity contribution < 1.29 is 45.4 Å². The van der Waals surface area contributed by atoms with Crippen molar-refractivity contribution in [2.45, 2.75) is 18.0 Å². The zero-order valence-corrected chi connectivity index (χ0v) is 9.69. The number of halogens is 7. The largest absolute Gasteiger partial charge is 0.481 e. The van der Waals surface area contributed by atoms with Crippen LogP contribution in [0.3, 0.4) is 0 Å². The highest BCUT2D eigenvalue weighted by Crippen LogP contribution is 2.49. The molecule has 0 aromatic rings. The fourth-order valence-electron chi connectivity index (χ4n) is 1.06. The molecule has 0 spiro atoms. The lowest BCUT2D eigenvalue weighted by molar-refractivity contribution is -0.363. The molecule has 0 bridgehead atoms. The molecule has 0 fully saturated rings. The molecule has 3 N–H and O–H groups in total. The van der Waals surface area contributed by atoms with E-state index >= 15 is 0 Å². The van der Waals surface area contributed by atoms with Crippen LogP contribution in [0.25, 0.3) is 0 Å². The maximum Gasteiger partial charge on any atom is 0.459 e. The number of nitrogens with one attached hydrogen (secondary N) is 2. The van der Waals surface area contributed by atoms with Crippen LogP contribution < -0.4 is 10.6 Å². The summed E-state index contributed by atoms with van der Waals surface area (Å²) in [7, 11) is 0.994. The summed E-state index contributed by atoms with van der Waals surface area (Å²) in [5.74, 6) is -18.6. The van der Waals surface area contributed by atoms with Crippen molar-refractivity contribution in [1.29, 1.82) is 0 Å². The second kappa shape index (κ2) is 5.71. The van der Waals surface area contributed by atoms with Crippen molar-refractivity contribution in [1.82, 2.24) is 10.6 Å². The van der Waals surface area contributed by atoms with Crippen molar-refractivity contribution >= 4 is 12.0 Å². The number of carbonyl (C=O) groups is 2. The monoisotopic (exact) mass is 314 g/mol. The lowest BCUT2D eigenvalue weighted by atomic mass is 9.95. The van der Waals surface area contributed by atoms with Gasteiger partial charge in [0.25, 0.3) is 0 Å². The Kier molecular flexibility index (Phi) is 5.21. The predicted molar refractivity (Wildman–Crippen MR) is 49.5 cm³/mol. The summed E-state index contributed by atoms with van der Waals surface area (Å²) in [5.41, 5.74) is 0. The molecule has 0 radical (unpaired) electrons. The van der Waals surface area contributed by atoms with Gasteiger partial charge in [0, 0.05) is 13.6 Å². The van der Waals surface area contributed by atoms with Crippen molar-refractivity contribution in [3.8, 4) is 0 Å². The molecule has 0 aliphatic heterocycles. The molecule has 5 nitrogen and oxygen atoms in total. The van der Waals surface area contributed by atoms with Gasteiger partial charge in [-0.25, -0.2) is 4.79 Å². The minimum absolute atomic E-state index is 0.994. The Morgan fingerprint density at radius 1 is 1.10 bits per heavy atom. The van der Waals surface area contributed by atoms with Gasteiger partial charge in [0.05, 0.1) is 0 Å². The average molecular weight is 314 g/mol. The molecule has 0 aliphatic carbocycles. The summed E-state index contributed by atoms with van der Waals surface area (Å²) >= 11 is 0. The Hall–Kier alpha value is -1.75. The first-order valence-corrected chi connectivity index (χ1v) is 4.79. The standard InChI is InChI=1S/C8H9F7N2O3/c1-16-5(20)17-2-3(4(18)19)6(9,10)7(11,12)8(13,14)15/h3H,2H2,1H3,(H,18,19)(H2,16,17,20). The van der Waals surface area contributed by atoms with Crippen molar-refractivity contribution in [2.75, 3.05) is 13.6 Å². The van der Waals surface area contributed by atoms with Crippen LogP contribution in [-0.2, 0) is 4.79 Å². The molecule has 2 amide bonds. The molecule has 0 saturated heterocycles. The number of alkyl halides is 7. The van der Waals surface area contributed by atoms with Crippen LogP contribution in [0.1, 0.15) is 0 Å². The number of carboxylic acids is 1. The molecule has 12 heteroatoms. The first-order valence-electron chi connectivity index (χ1n) is 4.79. The Bertz CT molecular complexity index is 383. The van der Waals surface area contributed by atoms with Gasteiger partial charge in [-0.3, -0.25) is 4.79 Å². The highest BCUT2D eigenvalue weighted by atomic mass is 19.4. The van der Waals surface area contributed by atoms with Crippen LogP contribution in [0.5, 0.6) is 0 Å². The lowest BCUT2D eigenvalue weighted by Crippen LogP contribution is -2.59. The normalized spacial score (nSPS) is 14.6. The highest BCUT2D eigenvalue weighted by molar-refractivity contribution is 5.76. The molecule has 118 valence electrons. The summed E-state index contributed by atoms with van der Waals surface area (Å²) in [5, 5.41) is 11.6. The Morgan fingerprint density at radius 3 is 1.85 bits per heavy atom. The van der Waals surface area contributed by atoms with Gasteiger partial charge in [0.15, 0.2) is 0 Å². The van der Waals surface area contributed by atoms with E-state index in [2.05, 4.69) is 0 Å². The number of aliphatic carboxylic acids is 1. The van der Waals surface area contributed by atoms with Crippen molar-refractivity contribution in [3.63, 3.8) is 0 Å². The van der Waals surface area contributed by atoms with Crippen molar-refractivity contribution in [3.05, 3.63) is 0 Å². The Morgan fingerprint density at radius 2 is 1.55 bits per heavy atom. The van der Waals surface area contributed by atoms with Gasteiger partial charge in [-0.1, -0.05) is 0 Å². The van der Waals surface area contributed by atoms with Crippen LogP contribution >= 0.6 is 0 Å². The fourth-order valence-corrected chi connectivity index (χ4v) is 1.06. The van der Waals surface area contributed by atoms with E-state index in [1.54, 1.807) is 5.32 Å². The van der Waals surface area contributed by atoms with Gasteiger partial charge in [0.1, 0.15) is 5.92 Å². The third kappa shape index (κ3) is 3.42. The van der Waals surface area contributed by atoms with Gasteiger partial charge < -0.3 is 15.7 Å². The second-order valence-electron chi connectivity index (χ2n) is 3.55. The van der Waals surface area contributed by atoms with E-state index in [-0.39, 0.29) is 0 Å². The summed E-state index contributed by atoms with van der Waals surface area (Å²) in [6, 6.07) is -1.22. The first kappa shape index (κ1) is 18.2. The molecule has 0 aliphatic rings. The van der Waals surface area contributed by atoms with Crippen LogP contribution in [0.15, 0.2) is 0 Å². The smallest absolute Gasteiger partial charge is 0.459 e. The molecule has 1 atom stereocenters. The van der Waals surface area contributed by atoms with Gasteiger partial charge in [-0.05, 0) is 0 Å². The van der Waals surface area contributed by atoms with Gasteiger partial charge in [-0.2, -0.15) is 30.7 Å². The van der Waals surface area contributed by atoms with E-state index in [4.69, 9.17) is 5.11 Å². The number of urea groups is 1. The van der Waals surface area contributed by atoms with Crippen molar-refractivity contribution in [2.24, 2.45) is 5.92 Å². The molecule has 20 heavy (non-hydrogen) atoms. The quantitative estimate of drug-likeness (QED) is 0.672. The van der Waals surface area contributed by atoms with Crippen LogP contribution in [0.2, 0.25) is 0 Å². The molecule has 0 saturated carbocycles. The predicted octanol–water partition coefficient (Wildman–Crippen LogP) is 1.45. The molecule has 1 unspecified atom stereocenters. The number of hydrogen-bond acceptors (Lipinski definition) is 2. The average Bonchev–Trinajstić information content (AvgIpc) is 2.26. The topological polar surface area (TPSA) is 78.4 Å². The number of amides is 2. The van der Waals surface area contributed by atoms with E-state index < -0.39 is 42.5 Å². The van der Waals surface area contributed by atoms with Gasteiger partial charge in [-0.15, -0.1) is 0 Å². The zero-order valence-electron chi connectivity index (χ0n) is 9.69. The maximum absolute atomic E-state index is 13.1. The number of carboxylic acid groups (broad SMARTS) is 1. The summed E-state index contributed by atoms with van der Waals surface area (Å²) < 4.78 is 87.3. The molecular weight excluding hydrogens is 305 g/mol. The third-order valence-electron chi connectivity index (χ3n) is 2.20. The van der Waals surface area contributed by atoms with E-state index in [1.165, 1.54) is 5.32 Å². The van der Waals surface area contributed by atoms with Crippen LogP contribution in [0.4, 0.5) is 35.5 Å². The van der Waals surface area contributed by atoms with E-state index in [0.29, 0.717) is 0 Å². The minimum atomic E-state index is -6.64. The van der Waals surface area contributed by atoms with E-state index in [9.17, 15) is 40.3 Å². The second-order valence-corrected chi connectivity index (χ2v) is 3.55. The zero-order chi connectivity index (χ0) is 16.4. The number of rotatable bonds is 5. The summed E-state index contributed by atoms with van der Waals surface area (Å²) in [6.45, 7) is -1.62. The SMILES string of the molecule is CNC(=O)NCC(C(=O)O)C(F)(F)C(F)(F)C(F)(F)F. The fraction of sp³-hybridized carbons (Fsp3) is 0.750. The third-order valence-corrected chi connectivity index (χ3v) is 2.20. The first-order chi connectivity index (χ1) is 8.79. The van der Waals surface area contributed by atoms with Crippen LogP contribution in [0, 0.1) is 5.92 Å². The van der Waals surface area contributed by atoms with Crippen LogP contribution in [-0.4, -0.2) is 48.7 Å².